The second-order valence-electron chi connectivity index (χ2n) is 18.1. The molecule has 1 aromatic carbocycles. The Morgan fingerprint density at radius 1 is 0.446 bits per heavy atom. The predicted octanol–water partition coefficient (Wildman–Crippen LogP) is 17.6. The third-order valence-electron chi connectivity index (χ3n) is 11.5. The fourth-order valence-corrected chi connectivity index (χ4v) is 25.7. The quantitative estimate of drug-likeness (QED) is 0.0752. The predicted molar refractivity (Wildman–Crippen MR) is 270 cm³/mol. The zero-order valence-electron chi connectivity index (χ0n) is 35.4. The summed E-state index contributed by atoms with van der Waals surface area (Å²) in [7, 11) is 0. The summed E-state index contributed by atoms with van der Waals surface area (Å²) in [5, 5.41) is 2.93. The van der Waals surface area contributed by atoms with E-state index in [1.54, 1.807) is 15.5 Å². The average Bonchev–Trinajstić information content (AvgIpc) is 4.00. The van der Waals surface area contributed by atoms with Gasteiger partial charge in [0, 0.05) is 0 Å². The molecule has 298 valence electrons. The van der Waals surface area contributed by atoms with E-state index in [2.05, 4.69) is 186 Å². The van der Waals surface area contributed by atoms with Crippen LogP contribution < -0.4 is 5.79 Å². The van der Waals surface area contributed by atoms with Crippen molar-refractivity contribution in [3.63, 3.8) is 0 Å². The first kappa shape index (κ1) is 43.6. The fourth-order valence-electron chi connectivity index (χ4n) is 7.95. The van der Waals surface area contributed by atoms with Gasteiger partial charge in [0.25, 0.3) is 0 Å². The first-order valence-electron chi connectivity index (χ1n) is 21.2. The van der Waals surface area contributed by atoms with E-state index in [9.17, 15) is 0 Å². The van der Waals surface area contributed by atoms with Gasteiger partial charge in [-0.2, -0.15) is 0 Å². The minimum absolute atomic E-state index is 0.791. The van der Waals surface area contributed by atoms with Crippen molar-refractivity contribution in [3.8, 4) is 40.4 Å². The molecule has 56 heavy (non-hydrogen) atoms. The zero-order valence-corrected chi connectivity index (χ0v) is 46.1. The first-order chi connectivity index (χ1) is 26.8. The molecule has 0 saturated carbocycles. The van der Waals surface area contributed by atoms with Gasteiger partial charge in [0.1, 0.15) is 0 Å². The molecule has 0 amide bonds. The molecule has 0 spiro atoms. The molecule has 7 rings (SSSR count). The molecular formula is C48H62S6Sn2. The third-order valence-corrected chi connectivity index (χ3v) is 37.6. The Labute approximate surface area is 370 Å². The van der Waals surface area contributed by atoms with Gasteiger partial charge in [0.05, 0.1) is 0 Å². The number of thiophene rings is 6. The van der Waals surface area contributed by atoms with Crippen LogP contribution in [-0.2, 0) is 12.8 Å². The van der Waals surface area contributed by atoms with Crippen molar-refractivity contribution in [3.05, 3.63) is 70.4 Å². The van der Waals surface area contributed by atoms with Crippen LogP contribution in [0.3, 0.4) is 0 Å². The maximum absolute atomic E-state index is 2.60. The molecule has 0 saturated heterocycles. The molecule has 0 N–H and O–H groups in total. The molecule has 0 nitrogen and oxygen atoms in total. The van der Waals surface area contributed by atoms with Gasteiger partial charge < -0.3 is 0 Å². The molecule has 6 aromatic heterocycles. The third kappa shape index (κ3) is 9.68. The number of hydrogen-bond acceptors (Lipinski definition) is 6. The first-order valence-corrected chi connectivity index (χ1v) is 46.1. The molecule has 0 fully saturated rings. The van der Waals surface area contributed by atoms with Crippen LogP contribution >= 0.6 is 68.0 Å². The van der Waals surface area contributed by atoms with Crippen LogP contribution in [0.15, 0.2) is 60.7 Å². The van der Waals surface area contributed by atoms with Crippen LogP contribution in [0.25, 0.3) is 60.6 Å². The average molecular weight is 1070 g/mol. The number of unbranched alkanes of at least 4 members (excludes halogenated alkanes) is 2. The topological polar surface area (TPSA) is 0 Å². The number of fused-ring (bicyclic) bond motifs is 2. The Balaban J connectivity index is 1.42. The zero-order chi connectivity index (χ0) is 39.8. The van der Waals surface area contributed by atoms with Crippen molar-refractivity contribution in [2.75, 3.05) is 0 Å². The Morgan fingerprint density at radius 2 is 0.839 bits per heavy atom. The van der Waals surface area contributed by atoms with E-state index in [0.717, 1.165) is 11.8 Å². The van der Waals surface area contributed by atoms with Gasteiger partial charge in [-0.3, -0.25) is 0 Å². The summed E-state index contributed by atoms with van der Waals surface area (Å²) in [4.78, 5) is 27.2. The van der Waals surface area contributed by atoms with Crippen molar-refractivity contribution >= 4 is 131 Å². The van der Waals surface area contributed by atoms with Crippen molar-refractivity contribution in [1.82, 2.24) is 0 Å². The van der Waals surface area contributed by atoms with Crippen LogP contribution in [0.5, 0.6) is 0 Å². The van der Waals surface area contributed by atoms with Crippen LogP contribution in [0.1, 0.15) is 88.8 Å². The molecule has 0 aliphatic carbocycles. The van der Waals surface area contributed by atoms with Crippen LogP contribution in [0.2, 0.25) is 29.6 Å². The summed E-state index contributed by atoms with van der Waals surface area (Å²) in [6.07, 6.45) is 13.0. The molecular weight excluding hydrogens is 1010 g/mol. The second kappa shape index (κ2) is 18.7. The van der Waals surface area contributed by atoms with Gasteiger partial charge in [-0.25, -0.2) is 0 Å². The van der Waals surface area contributed by atoms with Gasteiger partial charge in [-0.15, -0.1) is 0 Å². The minimum atomic E-state index is -2.28. The SMILES string of the molecule is CCCCC(CC)Cc1ccc(-c2cc3c(-c4cc[c]([Sn]([CH3])([CH3])[CH3])s4)c4sc(-c5ccc(CC(CC)CCCC)s5)cc4c(-c4cc[c]([Sn]([CH3])([CH3])[CH3])s4)c3s2)s1. The van der Waals surface area contributed by atoms with Crippen LogP contribution in [0.4, 0.5) is 0 Å². The van der Waals surface area contributed by atoms with Gasteiger partial charge in [0.15, 0.2) is 0 Å². The summed E-state index contributed by atoms with van der Waals surface area (Å²) in [5.41, 5.74) is 2.97. The van der Waals surface area contributed by atoms with E-state index in [0.29, 0.717) is 0 Å². The van der Waals surface area contributed by atoms with E-state index in [1.165, 1.54) is 125 Å². The van der Waals surface area contributed by atoms with Crippen molar-refractivity contribution in [2.45, 2.75) is 122 Å². The van der Waals surface area contributed by atoms with Crippen molar-refractivity contribution < 1.29 is 0 Å². The van der Waals surface area contributed by atoms with Crippen molar-refractivity contribution in [1.29, 1.82) is 0 Å². The molecule has 0 radical (unpaired) electrons. The summed E-state index contributed by atoms with van der Waals surface area (Å²) >= 11 is 7.88. The number of hydrogen-bond donors (Lipinski definition) is 0. The van der Waals surface area contributed by atoms with Crippen LogP contribution in [0, 0.1) is 11.8 Å². The molecule has 0 aliphatic heterocycles. The summed E-state index contributed by atoms with van der Waals surface area (Å²) in [6, 6.07) is 24.9. The standard InChI is InChI=1S/C42H44S6.6CH3.2Sn/c1-5-9-13-27(7-3)23-29-17-19-33(45-29)37-25-31-39(35-15-11-21-43-35)42-32(40(41(31)47-37)36-16-12-22-44-36)26-38(48-42)34-20-18-30(46-34)24-28(8-4)14-10-6-2;;;;;;;;/h11-12,15-20,25-28H,5-10,13-14,23-24H2,1-4H3;6*1H3;;. The van der Waals surface area contributed by atoms with E-state index >= 15 is 0 Å². The monoisotopic (exact) mass is 1070 g/mol. The van der Waals surface area contributed by atoms with Crippen molar-refractivity contribution in [2.24, 2.45) is 11.8 Å². The molecule has 8 heteroatoms. The molecule has 7 aromatic rings. The van der Waals surface area contributed by atoms with Gasteiger partial charge in [-0.1, -0.05) is 79.1 Å². The maximum atomic E-state index is 2.60. The van der Waals surface area contributed by atoms with Gasteiger partial charge in [0.2, 0.25) is 0 Å². The Kier molecular flexibility index (Phi) is 14.5. The number of benzene rings is 1. The Bertz CT molecular complexity index is 2150. The molecule has 0 aliphatic rings. The van der Waals surface area contributed by atoms with Gasteiger partial charge in [-0.05, 0) is 0 Å². The number of rotatable bonds is 18. The molecule has 0 bridgehead atoms. The molecule has 2 unspecified atom stereocenters. The Hall–Kier alpha value is -0.463. The van der Waals surface area contributed by atoms with E-state index in [-0.39, 0.29) is 0 Å². The van der Waals surface area contributed by atoms with Gasteiger partial charge >= 0.3 is 296 Å². The van der Waals surface area contributed by atoms with E-state index in [1.807, 2.05) is 0 Å². The van der Waals surface area contributed by atoms with E-state index in [4.69, 9.17) is 0 Å². The molecule has 2 atom stereocenters. The summed E-state index contributed by atoms with van der Waals surface area (Å²) < 4.78 is 6.30. The van der Waals surface area contributed by atoms with Crippen LogP contribution in [-0.4, -0.2) is 36.8 Å². The summed E-state index contributed by atoms with van der Waals surface area (Å²) in [5.74, 6) is 1.58. The second-order valence-corrected chi connectivity index (χ2v) is 55.5. The summed E-state index contributed by atoms with van der Waals surface area (Å²) in [6.45, 7) is 9.42. The Morgan fingerprint density at radius 3 is 1.18 bits per heavy atom. The van der Waals surface area contributed by atoms with E-state index < -0.39 is 36.8 Å². The normalized spacial score (nSPS) is 13.8. The molecule has 6 heterocycles. The fraction of sp³-hybridized carbons (Fsp3) is 0.458.